The molecule has 0 fully saturated rings. The highest BCUT2D eigenvalue weighted by Crippen LogP contribution is 2.05. The molecule has 0 amide bonds. The van der Waals surface area contributed by atoms with Crippen LogP contribution >= 0.6 is 12.2 Å². The second kappa shape index (κ2) is 5.75. The van der Waals surface area contributed by atoms with Gasteiger partial charge in [0, 0.05) is 0 Å². The summed E-state index contributed by atoms with van der Waals surface area (Å²) >= 11 is 4.65. The first-order valence-electron chi connectivity index (χ1n) is 4.11. The number of carbonyl (C=O) groups excluding carboxylic acids is 1. The maximum Gasteiger partial charge on any atom is 0.328 e. The van der Waals surface area contributed by atoms with E-state index in [4.69, 9.17) is 5.73 Å². The van der Waals surface area contributed by atoms with E-state index in [9.17, 15) is 4.79 Å². The standard InChI is InChI=1S/C8H16N2O2S/c1-5(2)4-6(7(11)12-3)10-8(9)13/h5-6H,4H2,1-3H3,(H3,9,10,13). The van der Waals surface area contributed by atoms with Crippen LogP contribution in [-0.2, 0) is 9.53 Å². The van der Waals surface area contributed by atoms with Crippen LogP contribution in [0.25, 0.3) is 0 Å². The van der Waals surface area contributed by atoms with Crippen LogP contribution in [0.1, 0.15) is 20.3 Å². The monoisotopic (exact) mass is 204 g/mol. The van der Waals surface area contributed by atoms with E-state index in [1.165, 1.54) is 7.11 Å². The molecule has 0 bridgehead atoms. The van der Waals surface area contributed by atoms with Crippen LogP contribution in [0.2, 0.25) is 0 Å². The van der Waals surface area contributed by atoms with E-state index in [0.717, 1.165) is 0 Å². The number of ether oxygens (including phenoxy) is 1. The molecule has 0 rings (SSSR count). The number of hydrogen-bond donors (Lipinski definition) is 2. The summed E-state index contributed by atoms with van der Waals surface area (Å²) in [5.74, 6) is 0.0486. The molecule has 0 spiro atoms. The second-order valence-corrected chi connectivity index (χ2v) is 3.65. The van der Waals surface area contributed by atoms with Gasteiger partial charge in [0.05, 0.1) is 7.11 Å². The molecule has 0 aromatic carbocycles. The van der Waals surface area contributed by atoms with Crippen LogP contribution in [-0.4, -0.2) is 24.2 Å². The number of nitrogens with one attached hydrogen (secondary N) is 1. The van der Waals surface area contributed by atoms with Crippen LogP contribution in [0.15, 0.2) is 0 Å². The highest BCUT2D eigenvalue weighted by molar-refractivity contribution is 7.80. The molecular weight excluding hydrogens is 188 g/mol. The van der Waals surface area contributed by atoms with E-state index in [2.05, 4.69) is 22.3 Å². The number of nitrogens with two attached hydrogens (primary N) is 1. The predicted molar refractivity (Wildman–Crippen MR) is 55.2 cm³/mol. The fraction of sp³-hybridized carbons (Fsp3) is 0.750. The lowest BCUT2D eigenvalue weighted by molar-refractivity contribution is -0.143. The van der Waals surface area contributed by atoms with Gasteiger partial charge in [0.15, 0.2) is 5.11 Å². The minimum Gasteiger partial charge on any atom is -0.467 e. The van der Waals surface area contributed by atoms with E-state index in [1.807, 2.05) is 13.8 Å². The zero-order valence-corrected chi connectivity index (χ0v) is 8.98. The van der Waals surface area contributed by atoms with Gasteiger partial charge in [0.25, 0.3) is 0 Å². The third kappa shape index (κ3) is 5.41. The van der Waals surface area contributed by atoms with E-state index >= 15 is 0 Å². The van der Waals surface area contributed by atoms with Gasteiger partial charge in [0.2, 0.25) is 0 Å². The molecule has 0 saturated heterocycles. The Bertz CT molecular complexity index is 195. The Labute approximate surface area is 83.8 Å². The molecule has 0 heterocycles. The van der Waals surface area contributed by atoms with Crippen molar-refractivity contribution in [3.8, 4) is 0 Å². The predicted octanol–water partition coefficient (Wildman–Crippen LogP) is 0.407. The van der Waals surface area contributed by atoms with Gasteiger partial charge in [-0.05, 0) is 24.6 Å². The van der Waals surface area contributed by atoms with Crippen LogP contribution in [0.3, 0.4) is 0 Å². The van der Waals surface area contributed by atoms with Gasteiger partial charge in [-0.15, -0.1) is 0 Å². The van der Waals surface area contributed by atoms with Gasteiger partial charge in [-0.1, -0.05) is 13.8 Å². The average molecular weight is 204 g/mol. The Morgan fingerprint density at radius 2 is 2.15 bits per heavy atom. The Morgan fingerprint density at radius 3 is 2.46 bits per heavy atom. The molecule has 76 valence electrons. The molecule has 13 heavy (non-hydrogen) atoms. The summed E-state index contributed by atoms with van der Waals surface area (Å²) in [5, 5.41) is 2.82. The van der Waals surface area contributed by atoms with Gasteiger partial charge in [-0.25, -0.2) is 4.79 Å². The average Bonchev–Trinajstić information content (AvgIpc) is 2.00. The number of carbonyl (C=O) groups is 1. The SMILES string of the molecule is COC(=O)C(CC(C)C)NC(N)=S. The summed E-state index contributed by atoms with van der Waals surface area (Å²) < 4.78 is 4.60. The zero-order chi connectivity index (χ0) is 10.4. The van der Waals surface area contributed by atoms with Gasteiger partial charge in [-0.3, -0.25) is 0 Å². The lowest BCUT2D eigenvalue weighted by atomic mass is 10.0. The topological polar surface area (TPSA) is 64.3 Å². The molecule has 0 aliphatic rings. The molecular formula is C8H16N2O2S. The van der Waals surface area contributed by atoms with Crippen molar-refractivity contribution in [3.63, 3.8) is 0 Å². The molecule has 4 nitrogen and oxygen atoms in total. The Balaban J connectivity index is 4.18. The van der Waals surface area contributed by atoms with Crippen molar-refractivity contribution in [1.29, 1.82) is 0 Å². The first kappa shape index (κ1) is 12.2. The second-order valence-electron chi connectivity index (χ2n) is 3.21. The fourth-order valence-electron chi connectivity index (χ4n) is 0.999. The lowest BCUT2D eigenvalue weighted by Gasteiger charge is -2.17. The van der Waals surface area contributed by atoms with Crippen molar-refractivity contribution in [1.82, 2.24) is 5.32 Å². The Kier molecular flexibility index (Phi) is 5.37. The summed E-state index contributed by atoms with van der Waals surface area (Å²) in [5.41, 5.74) is 5.27. The minimum atomic E-state index is -0.428. The molecule has 0 aliphatic carbocycles. The lowest BCUT2D eigenvalue weighted by Crippen LogP contribution is -2.44. The normalized spacial score (nSPS) is 12.3. The van der Waals surface area contributed by atoms with E-state index in [-0.39, 0.29) is 11.1 Å². The Hall–Kier alpha value is -0.840. The minimum absolute atomic E-state index is 0.121. The third-order valence-corrected chi connectivity index (χ3v) is 1.63. The third-order valence-electron chi connectivity index (χ3n) is 1.51. The number of rotatable bonds is 4. The van der Waals surface area contributed by atoms with Crippen molar-refractivity contribution in [3.05, 3.63) is 0 Å². The van der Waals surface area contributed by atoms with Crippen molar-refractivity contribution >= 4 is 23.3 Å². The van der Waals surface area contributed by atoms with Crippen LogP contribution in [0.4, 0.5) is 0 Å². The van der Waals surface area contributed by atoms with Gasteiger partial charge >= 0.3 is 5.97 Å². The largest absolute Gasteiger partial charge is 0.467 e. The van der Waals surface area contributed by atoms with Crippen molar-refractivity contribution < 1.29 is 9.53 Å². The van der Waals surface area contributed by atoms with Crippen LogP contribution in [0, 0.1) is 5.92 Å². The fourth-order valence-corrected chi connectivity index (χ4v) is 1.14. The molecule has 1 atom stereocenters. The quantitative estimate of drug-likeness (QED) is 0.513. The molecule has 3 N–H and O–H groups in total. The number of thiocarbonyl (C=S) groups is 1. The first-order chi connectivity index (χ1) is 5.97. The van der Waals surface area contributed by atoms with Gasteiger partial charge in [0.1, 0.15) is 6.04 Å². The number of methoxy groups -OCH3 is 1. The maximum atomic E-state index is 11.2. The molecule has 0 aromatic heterocycles. The molecule has 0 saturated carbocycles. The highest BCUT2D eigenvalue weighted by atomic mass is 32.1. The van der Waals surface area contributed by atoms with E-state index in [0.29, 0.717) is 12.3 Å². The maximum absolute atomic E-state index is 11.2. The van der Waals surface area contributed by atoms with Crippen LogP contribution in [0.5, 0.6) is 0 Å². The van der Waals surface area contributed by atoms with Crippen LogP contribution < -0.4 is 11.1 Å². The highest BCUT2D eigenvalue weighted by Gasteiger charge is 2.20. The summed E-state index contributed by atoms with van der Waals surface area (Å²) in [6.45, 7) is 4.02. The van der Waals surface area contributed by atoms with E-state index < -0.39 is 6.04 Å². The van der Waals surface area contributed by atoms with Gasteiger partial charge in [-0.2, -0.15) is 0 Å². The number of hydrogen-bond acceptors (Lipinski definition) is 3. The Morgan fingerprint density at radius 1 is 1.62 bits per heavy atom. The smallest absolute Gasteiger partial charge is 0.328 e. The summed E-state index contributed by atoms with van der Waals surface area (Å²) in [7, 11) is 1.34. The molecule has 0 radical (unpaired) electrons. The summed E-state index contributed by atoms with van der Waals surface area (Å²) in [6.07, 6.45) is 0.657. The first-order valence-corrected chi connectivity index (χ1v) is 4.52. The van der Waals surface area contributed by atoms with E-state index in [1.54, 1.807) is 0 Å². The molecule has 1 unspecified atom stereocenters. The molecule has 0 aliphatic heterocycles. The van der Waals surface area contributed by atoms with Crippen molar-refractivity contribution in [2.24, 2.45) is 11.7 Å². The van der Waals surface area contributed by atoms with Crippen molar-refractivity contribution in [2.45, 2.75) is 26.3 Å². The summed E-state index contributed by atoms with van der Waals surface area (Å²) in [6, 6.07) is -0.428. The van der Waals surface area contributed by atoms with Gasteiger partial charge < -0.3 is 15.8 Å². The zero-order valence-electron chi connectivity index (χ0n) is 8.16. The van der Waals surface area contributed by atoms with Crippen molar-refractivity contribution in [2.75, 3.05) is 7.11 Å². The summed E-state index contributed by atoms with van der Waals surface area (Å²) in [4.78, 5) is 11.2. The molecule has 0 aromatic rings. The number of esters is 1. The molecule has 5 heteroatoms.